The van der Waals surface area contributed by atoms with Gasteiger partial charge in [-0.1, -0.05) is 33.3 Å². The minimum atomic E-state index is 0.407. The van der Waals surface area contributed by atoms with Gasteiger partial charge in [-0.05, 0) is 30.7 Å². The quantitative estimate of drug-likeness (QED) is 0.881. The molecule has 0 fully saturated rings. The molecule has 19 heavy (non-hydrogen) atoms. The first-order valence-corrected chi connectivity index (χ1v) is 7.37. The molecule has 1 aromatic carbocycles. The molecule has 1 aliphatic rings. The molecule has 2 rings (SSSR count). The van der Waals surface area contributed by atoms with Gasteiger partial charge in [-0.2, -0.15) is 0 Å². The van der Waals surface area contributed by atoms with Gasteiger partial charge in [0.2, 0.25) is 0 Å². The Kier molecular flexibility index (Phi) is 5.08. The summed E-state index contributed by atoms with van der Waals surface area (Å²) in [6.07, 6.45) is 2.31. The van der Waals surface area contributed by atoms with Crippen LogP contribution < -0.4 is 14.8 Å². The molecule has 1 aromatic rings. The Morgan fingerprint density at radius 1 is 1.21 bits per heavy atom. The Balaban J connectivity index is 2.19. The topological polar surface area (TPSA) is 30.5 Å². The molecule has 0 saturated heterocycles. The van der Waals surface area contributed by atoms with Gasteiger partial charge >= 0.3 is 0 Å². The SMILES string of the molecule is CCCC(NCC)c1ccc2c(c1)OCC(C)CO2. The molecule has 0 aliphatic carbocycles. The van der Waals surface area contributed by atoms with Gasteiger partial charge in [0.1, 0.15) is 0 Å². The Morgan fingerprint density at radius 2 is 1.95 bits per heavy atom. The summed E-state index contributed by atoms with van der Waals surface area (Å²) in [6.45, 7) is 8.96. The Bertz CT molecular complexity index is 400. The zero-order chi connectivity index (χ0) is 13.7. The van der Waals surface area contributed by atoms with Crippen LogP contribution in [0.2, 0.25) is 0 Å². The van der Waals surface area contributed by atoms with Crippen molar-refractivity contribution in [2.45, 2.75) is 39.7 Å². The summed E-state index contributed by atoms with van der Waals surface area (Å²) >= 11 is 0. The number of nitrogens with one attached hydrogen (secondary N) is 1. The normalized spacial score (nSPS) is 19.8. The highest BCUT2D eigenvalue weighted by atomic mass is 16.5. The van der Waals surface area contributed by atoms with Crippen LogP contribution in [0.1, 0.15) is 45.2 Å². The van der Waals surface area contributed by atoms with Gasteiger partial charge in [0.15, 0.2) is 11.5 Å². The average Bonchev–Trinajstić information content (AvgIpc) is 2.60. The Labute approximate surface area is 116 Å². The van der Waals surface area contributed by atoms with Crippen molar-refractivity contribution < 1.29 is 9.47 Å². The highest BCUT2D eigenvalue weighted by Gasteiger charge is 2.17. The summed E-state index contributed by atoms with van der Waals surface area (Å²) in [7, 11) is 0. The lowest BCUT2D eigenvalue weighted by atomic mass is 10.0. The van der Waals surface area contributed by atoms with Crippen LogP contribution in [0, 0.1) is 5.92 Å². The second-order valence-corrected chi connectivity index (χ2v) is 5.33. The fourth-order valence-corrected chi connectivity index (χ4v) is 2.41. The van der Waals surface area contributed by atoms with E-state index < -0.39 is 0 Å². The first-order chi connectivity index (χ1) is 9.24. The number of hydrogen-bond donors (Lipinski definition) is 1. The molecule has 2 unspecified atom stereocenters. The summed E-state index contributed by atoms with van der Waals surface area (Å²) in [5.74, 6) is 2.21. The molecule has 0 aromatic heterocycles. The van der Waals surface area contributed by atoms with Crippen LogP contribution in [0.4, 0.5) is 0 Å². The van der Waals surface area contributed by atoms with E-state index in [4.69, 9.17) is 9.47 Å². The predicted octanol–water partition coefficient (Wildman–Crippen LogP) is 3.54. The first-order valence-electron chi connectivity index (χ1n) is 7.37. The van der Waals surface area contributed by atoms with Crippen molar-refractivity contribution in [3.63, 3.8) is 0 Å². The van der Waals surface area contributed by atoms with E-state index in [0.717, 1.165) is 37.7 Å². The van der Waals surface area contributed by atoms with E-state index in [9.17, 15) is 0 Å². The van der Waals surface area contributed by atoms with E-state index >= 15 is 0 Å². The standard InChI is InChI=1S/C16H25NO2/c1-4-6-14(17-5-2)13-7-8-15-16(9-13)19-11-12(3)10-18-15/h7-9,12,14,17H,4-6,10-11H2,1-3H3. The van der Waals surface area contributed by atoms with Crippen molar-refractivity contribution >= 4 is 0 Å². The number of fused-ring (bicyclic) bond motifs is 1. The van der Waals surface area contributed by atoms with Crippen molar-refractivity contribution in [3.8, 4) is 11.5 Å². The summed E-state index contributed by atoms with van der Waals surface area (Å²) in [4.78, 5) is 0. The molecule has 1 heterocycles. The monoisotopic (exact) mass is 263 g/mol. The highest BCUT2D eigenvalue weighted by molar-refractivity contribution is 5.44. The minimum Gasteiger partial charge on any atom is -0.489 e. The summed E-state index contributed by atoms with van der Waals surface area (Å²) < 4.78 is 11.6. The largest absolute Gasteiger partial charge is 0.489 e. The molecule has 0 bridgehead atoms. The van der Waals surface area contributed by atoms with Crippen molar-refractivity contribution in [2.75, 3.05) is 19.8 Å². The fraction of sp³-hybridized carbons (Fsp3) is 0.625. The Morgan fingerprint density at radius 3 is 2.63 bits per heavy atom. The molecule has 106 valence electrons. The third-order valence-electron chi connectivity index (χ3n) is 3.44. The van der Waals surface area contributed by atoms with Crippen LogP contribution in [-0.2, 0) is 0 Å². The predicted molar refractivity (Wildman–Crippen MR) is 77.9 cm³/mol. The zero-order valence-corrected chi connectivity index (χ0v) is 12.2. The Hall–Kier alpha value is -1.22. The lowest BCUT2D eigenvalue weighted by Gasteiger charge is -2.19. The lowest BCUT2D eigenvalue weighted by Crippen LogP contribution is -2.20. The number of benzene rings is 1. The van der Waals surface area contributed by atoms with Crippen LogP contribution in [0.25, 0.3) is 0 Å². The average molecular weight is 263 g/mol. The third-order valence-corrected chi connectivity index (χ3v) is 3.44. The van der Waals surface area contributed by atoms with Gasteiger partial charge in [0.05, 0.1) is 13.2 Å². The van der Waals surface area contributed by atoms with Gasteiger partial charge in [0, 0.05) is 12.0 Å². The van der Waals surface area contributed by atoms with Crippen LogP contribution in [-0.4, -0.2) is 19.8 Å². The molecular formula is C16H25NO2. The van der Waals surface area contributed by atoms with Crippen molar-refractivity contribution in [1.29, 1.82) is 0 Å². The third kappa shape index (κ3) is 3.63. The van der Waals surface area contributed by atoms with Crippen LogP contribution in [0.15, 0.2) is 18.2 Å². The first kappa shape index (κ1) is 14.2. The van der Waals surface area contributed by atoms with Crippen LogP contribution >= 0.6 is 0 Å². The van der Waals surface area contributed by atoms with Gasteiger partial charge in [-0.25, -0.2) is 0 Å². The molecular weight excluding hydrogens is 238 g/mol. The van der Waals surface area contributed by atoms with Crippen molar-refractivity contribution in [3.05, 3.63) is 23.8 Å². The molecule has 0 amide bonds. The second-order valence-electron chi connectivity index (χ2n) is 5.33. The maximum atomic E-state index is 5.86. The molecule has 0 saturated carbocycles. The number of ether oxygens (including phenoxy) is 2. The minimum absolute atomic E-state index is 0.407. The summed E-state index contributed by atoms with van der Waals surface area (Å²) in [6, 6.07) is 6.74. The fourth-order valence-electron chi connectivity index (χ4n) is 2.41. The van der Waals surface area contributed by atoms with Gasteiger partial charge < -0.3 is 14.8 Å². The van der Waals surface area contributed by atoms with Crippen molar-refractivity contribution in [2.24, 2.45) is 5.92 Å². The molecule has 3 nitrogen and oxygen atoms in total. The van der Waals surface area contributed by atoms with Crippen LogP contribution in [0.5, 0.6) is 11.5 Å². The van der Waals surface area contributed by atoms with E-state index in [1.807, 2.05) is 6.07 Å². The zero-order valence-electron chi connectivity index (χ0n) is 12.2. The lowest BCUT2D eigenvalue weighted by molar-refractivity contribution is 0.228. The maximum absolute atomic E-state index is 5.86. The summed E-state index contributed by atoms with van der Waals surface area (Å²) in [5.41, 5.74) is 1.29. The number of rotatable bonds is 5. The van der Waals surface area contributed by atoms with Crippen LogP contribution in [0.3, 0.4) is 0 Å². The summed E-state index contributed by atoms with van der Waals surface area (Å²) in [5, 5.41) is 3.53. The van der Waals surface area contributed by atoms with E-state index in [2.05, 4.69) is 38.2 Å². The van der Waals surface area contributed by atoms with Gasteiger partial charge in [-0.3, -0.25) is 0 Å². The van der Waals surface area contributed by atoms with Gasteiger partial charge in [-0.15, -0.1) is 0 Å². The molecule has 0 radical (unpaired) electrons. The second kappa shape index (κ2) is 6.80. The molecule has 2 atom stereocenters. The molecule has 1 N–H and O–H groups in total. The highest BCUT2D eigenvalue weighted by Crippen LogP contribution is 2.33. The molecule has 3 heteroatoms. The van der Waals surface area contributed by atoms with E-state index in [-0.39, 0.29) is 0 Å². The van der Waals surface area contributed by atoms with E-state index in [1.165, 1.54) is 12.0 Å². The van der Waals surface area contributed by atoms with Crippen molar-refractivity contribution in [1.82, 2.24) is 5.32 Å². The smallest absolute Gasteiger partial charge is 0.161 e. The van der Waals surface area contributed by atoms with E-state index in [0.29, 0.717) is 12.0 Å². The van der Waals surface area contributed by atoms with E-state index in [1.54, 1.807) is 0 Å². The maximum Gasteiger partial charge on any atom is 0.161 e. The molecule has 0 spiro atoms. The van der Waals surface area contributed by atoms with Gasteiger partial charge in [0.25, 0.3) is 0 Å². The molecule has 1 aliphatic heterocycles. The number of hydrogen-bond acceptors (Lipinski definition) is 3.